The van der Waals surface area contributed by atoms with Crippen LogP contribution in [0.15, 0.2) is 60.8 Å². The van der Waals surface area contributed by atoms with E-state index >= 15 is 0 Å². The van der Waals surface area contributed by atoms with Gasteiger partial charge < -0.3 is 15.0 Å². The van der Waals surface area contributed by atoms with Crippen LogP contribution in [0.2, 0.25) is 0 Å². The Morgan fingerprint density at radius 2 is 1.91 bits per heavy atom. The predicted molar refractivity (Wildman–Crippen MR) is 118 cm³/mol. The van der Waals surface area contributed by atoms with Crippen LogP contribution in [0.5, 0.6) is 0 Å². The predicted octanol–water partition coefficient (Wildman–Crippen LogP) is 2.75. The minimum atomic E-state index is -0.355. The van der Waals surface area contributed by atoms with Gasteiger partial charge in [0, 0.05) is 18.7 Å². The van der Waals surface area contributed by atoms with E-state index in [1.165, 1.54) is 0 Å². The van der Waals surface area contributed by atoms with Crippen LogP contribution in [-0.2, 0) is 4.74 Å². The maximum atomic E-state index is 12.9. The molecule has 5 rings (SSSR count). The number of aromatic nitrogens is 4. The van der Waals surface area contributed by atoms with Crippen molar-refractivity contribution in [2.24, 2.45) is 0 Å². The number of anilines is 2. The number of morpholine rings is 1. The number of benzene rings is 1. The third-order valence-corrected chi connectivity index (χ3v) is 5.23. The van der Waals surface area contributed by atoms with Gasteiger partial charge in [0.2, 0.25) is 0 Å². The number of hydrogen-bond acceptors (Lipinski definition) is 7. The second-order valence-electron chi connectivity index (χ2n) is 7.22. The number of pyridine rings is 1. The minimum Gasteiger partial charge on any atom is -0.378 e. The summed E-state index contributed by atoms with van der Waals surface area (Å²) in [7, 11) is 0. The lowest BCUT2D eigenvalue weighted by Crippen LogP contribution is -2.37. The van der Waals surface area contributed by atoms with Crippen molar-refractivity contribution in [3.05, 3.63) is 72.1 Å². The zero-order valence-electron chi connectivity index (χ0n) is 17.1. The molecule has 3 aromatic heterocycles. The van der Waals surface area contributed by atoms with Crippen molar-refractivity contribution < 1.29 is 9.53 Å². The SMILES string of the molecule is N#Cc1ccccc1-c1ccc2ncc(NC(=O)c3cccc(N4CCOCC4)n3)n2n1. The van der Waals surface area contributed by atoms with Gasteiger partial charge >= 0.3 is 0 Å². The normalized spacial score (nSPS) is 13.7. The van der Waals surface area contributed by atoms with Gasteiger partial charge in [0.15, 0.2) is 11.5 Å². The molecule has 0 saturated carbocycles. The van der Waals surface area contributed by atoms with Crippen molar-refractivity contribution in [3.8, 4) is 17.3 Å². The molecule has 0 atom stereocenters. The molecule has 1 saturated heterocycles. The quantitative estimate of drug-likeness (QED) is 0.535. The Hall–Kier alpha value is -4.29. The van der Waals surface area contributed by atoms with Crippen LogP contribution in [0.25, 0.3) is 16.9 Å². The molecule has 1 aliphatic heterocycles. The first-order chi connectivity index (χ1) is 15.7. The van der Waals surface area contributed by atoms with Crippen LogP contribution < -0.4 is 10.2 Å². The summed E-state index contributed by atoms with van der Waals surface area (Å²) in [5, 5.41) is 16.8. The Balaban J connectivity index is 1.43. The summed E-state index contributed by atoms with van der Waals surface area (Å²) in [5.74, 6) is 0.805. The molecule has 0 bridgehead atoms. The van der Waals surface area contributed by atoms with Gasteiger partial charge in [0.25, 0.3) is 5.91 Å². The van der Waals surface area contributed by atoms with Crippen LogP contribution in [0.4, 0.5) is 11.6 Å². The second kappa shape index (κ2) is 8.45. The molecule has 4 aromatic rings. The highest BCUT2D eigenvalue weighted by molar-refractivity contribution is 6.02. The van der Waals surface area contributed by atoms with Crippen molar-refractivity contribution in [1.29, 1.82) is 5.26 Å². The molecule has 0 radical (unpaired) electrons. The first-order valence-electron chi connectivity index (χ1n) is 10.2. The molecule has 0 aliphatic carbocycles. The first kappa shape index (κ1) is 19.7. The maximum Gasteiger partial charge on any atom is 0.275 e. The van der Waals surface area contributed by atoms with Crippen molar-refractivity contribution >= 4 is 23.2 Å². The van der Waals surface area contributed by atoms with E-state index in [1.54, 1.807) is 35.0 Å². The van der Waals surface area contributed by atoms with E-state index in [9.17, 15) is 10.1 Å². The number of carbonyl (C=O) groups excluding carboxylic acids is 1. The first-order valence-corrected chi connectivity index (χ1v) is 10.2. The standard InChI is InChI=1S/C23H19N7O2/c24-14-16-4-1-2-5-17(16)18-8-9-20-25-15-22(30(20)28-18)27-23(31)19-6-3-7-21(26-19)29-10-12-32-13-11-29/h1-9,15H,10-13H2,(H,27,31). The number of fused-ring (bicyclic) bond motifs is 1. The van der Waals surface area contributed by atoms with Gasteiger partial charge in [-0.2, -0.15) is 14.9 Å². The topological polar surface area (TPSA) is 108 Å². The van der Waals surface area contributed by atoms with E-state index in [2.05, 4.69) is 31.4 Å². The lowest BCUT2D eigenvalue weighted by atomic mass is 10.1. The molecule has 1 amide bonds. The van der Waals surface area contributed by atoms with Gasteiger partial charge in [-0.3, -0.25) is 4.79 Å². The summed E-state index contributed by atoms with van der Waals surface area (Å²) >= 11 is 0. The number of nitrogens with zero attached hydrogens (tertiary/aromatic N) is 6. The number of hydrogen-bond donors (Lipinski definition) is 1. The van der Waals surface area contributed by atoms with Gasteiger partial charge in [-0.15, -0.1) is 0 Å². The van der Waals surface area contributed by atoms with Crippen LogP contribution in [0.1, 0.15) is 16.1 Å². The van der Waals surface area contributed by atoms with E-state index in [-0.39, 0.29) is 5.91 Å². The summed E-state index contributed by atoms with van der Waals surface area (Å²) < 4.78 is 6.93. The molecule has 1 N–H and O–H groups in total. The molecule has 1 fully saturated rings. The zero-order valence-corrected chi connectivity index (χ0v) is 17.1. The average Bonchev–Trinajstić information content (AvgIpc) is 3.26. The third kappa shape index (κ3) is 3.75. The van der Waals surface area contributed by atoms with E-state index in [0.717, 1.165) is 18.9 Å². The van der Waals surface area contributed by atoms with Crippen molar-refractivity contribution in [3.63, 3.8) is 0 Å². The van der Waals surface area contributed by atoms with Crippen LogP contribution in [0.3, 0.4) is 0 Å². The Morgan fingerprint density at radius 1 is 1.06 bits per heavy atom. The lowest BCUT2D eigenvalue weighted by molar-refractivity contribution is 0.102. The molecule has 1 aromatic carbocycles. The molecule has 32 heavy (non-hydrogen) atoms. The lowest BCUT2D eigenvalue weighted by Gasteiger charge is -2.27. The summed E-state index contributed by atoms with van der Waals surface area (Å²) in [6, 6.07) is 18.4. The fourth-order valence-electron chi connectivity index (χ4n) is 3.60. The van der Waals surface area contributed by atoms with E-state index in [1.807, 2.05) is 30.3 Å². The average molecular weight is 425 g/mol. The van der Waals surface area contributed by atoms with Crippen molar-refractivity contribution in [2.45, 2.75) is 0 Å². The maximum absolute atomic E-state index is 12.9. The van der Waals surface area contributed by atoms with Gasteiger partial charge in [-0.1, -0.05) is 24.3 Å². The Labute approximate surface area is 183 Å². The number of amides is 1. The summed E-state index contributed by atoms with van der Waals surface area (Å²) in [6.45, 7) is 2.76. The molecule has 158 valence electrons. The van der Waals surface area contributed by atoms with E-state index in [0.29, 0.717) is 47.2 Å². The fourth-order valence-corrected chi connectivity index (χ4v) is 3.60. The number of rotatable bonds is 4. The molecule has 4 heterocycles. The van der Waals surface area contributed by atoms with Crippen LogP contribution >= 0.6 is 0 Å². The highest BCUT2D eigenvalue weighted by Gasteiger charge is 2.17. The number of nitriles is 1. The summed E-state index contributed by atoms with van der Waals surface area (Å²) in [6.07, 6.45) is 1.55. The minimum absolute atomic E-state index is 0.301. The molecule has 9 nitrogen and oxygen atoms in total. The third-order valence-electron chi connectivity index (χ3n) is 5.23. The molecule has 1 aliphatic rings. The van der Waals surface area contributed by atoms with Gasteiger partial charge in [-0.25, -0.2) is 9.97 Å². The summed E-state index contributed by atoms with van der Waals surface area (Å²) in [4.78, 5) is 23.8. The Kier molecular flexibility index (Phi) is 5.19. The van der Waals surface area contributed by atoms with E-state index in [4.69, 9.17) is 4.74 Å². The van der Waals surface area contributed by atoms with E-state index < -0.39 is 0 Å². The molecule has 9 heteroatoms. The van der Waals surface area contributed by atoms with Gasteiger partial charge in [-0.05, 0) is 30.3 Å². The van der Waals surface area contributed by atoms with Crippen molar-refractivity contribution in [2.75, 3.05) is 36.5 Å². The Morgan fingerprint density at radius 3 is 2.75 bits per heavy atom. The molecule has 0 unspecified atom stereocenters. The van der Waals surface area contributed by atoms with Gasteiger partial charge in [0.05, 0.1) is 36.7 Å². The highest BCUT2D eigenvalue weighted by Crippen LogP contribution is 2.23. The largest absolute Gasteiger partial charge is 0.378 e. The number of ether oxygens (including phenoxy) is 1. The number of nitrogens with one attached hydrogen (secondary N) is 1. The van der Waals surface area contributed by atoms with Crippen LogP contribution in [0, 0.1) is 11.3 Å². The summed E-state index contributed by atoms with van der Waals surface area (Å²) in [5.41, 5.74) is 2.72. The highest BCUT2D eigenvalue weighted by atomic mass is 16.5. The number of imidazole rings is 1. The smallest absolute Gasteiger partial charge is 0.275 e. The van der Waals surface area contributed by atoms with Crippen LogP contribution in [-0.4, -0.2) is 51.8 Å². The molecule has 0 spiro atoms. The molecular weight excluding hydrogens is 406 g/mol. The monoisotopic (exact) mass is 425 g/mol. The zero-order chi connectivity index (χ0) is 21.9. The Bertz CT molecular complexity index is 1340. The van der Waals surface area contributed by atoms with Gasteiger partial charge in [0.1, 0.15) is 11.5 Å². The number of carbonyl (C=O) groups is 1. The fraction of sp³-hybridized carbons (Fsp3) is 0.174. The molecular formula is C23H19N7O2. The van der Waals surface area contributed by atoms with Crippen molar-refractivity contribution in [1.82, 2.24) is 19.6 Å². The second-order valence-corrected chi connectivity index (χ2v) is 7.22.